The maximum absolute atomic E-state index is 12.9. The van der Waals surface area contributed by atoms with Crippen molar-refractivity contribution in [3.8, 4) is 0 Å². The standard InChI is InChI=1S/C17H22BrNO2/c1-16(2)12-9-10-17(16,3)14(20)13(12)15(18)19(21)11-7-5-4-6-8-11/h4-8,12-13,15,21H,9-10H2,1-3H3/t12-,13+,15+,17-/m0/s1. The second-order valence-corrected chi connectivity index (χ2v) is 8.08. The number of benzene rings is 1. The minimum absolute atomic E-state index is 0.00169. The molecule has 114 valence electrons. The van der Waals surface area contributed by atoms with Gasteiger partial charge in [0.25, 0.3) is 0 Å². The van der Waals surface area contributed by atoms with E-state index in [4.69, 9.17) is 0 Å². The summed E-state index contributed by atoms with van der Waals surface area (Å²) in [5.41, 5.74) is 0.447. The van der Waals surface area contributed by atoms with Crippen LogP contribution in [0, 0.1) is 22.7 Å². The zero-order valence-corrected chi connectivity index (χ0v) is 14.3. The van der Waals surface area contributed by atoms with Crippen LogP contribution in [0.5, 0.6) is 0 Å². The molecule has 2 saturated carbocycles. The molecule has 4 atom stereocenters. The van der Waals surface area contributed by atoms with Crippen LogP contribution in [0.2, 0.25) is 0 Å². The molecule has 3 nitrogen and oxygen atoms in total. The number of hydrogen-bond acceptors (Lipinski definition) is 3. The highest BCUT2D eigenvalue weighted by Crippen LogP contribution is 2.66. The molecule has 0 aromatic heterocycles. The molecule has 1 N–H and O–H groups in total. The number of carbonyl (C=O) groups is 1. The van der Waals surface area contributed by atoms with E-state index in [1.807, 2.05) is 30.3 Å². The van der Waals surface area contributed by atoms with Gasteiger partial charge in [0, 0.05) is 5.41 Å². The van der Waals surface area contributed by atoms with Crippen molar-refractivity contribution >= 4 is 27.4 Å². The fourth-order valence-electron chi connectivity index (χ4n) is 4.35. The Labute approximate surface area is 134 Å². The van der Waals surface area contributed by atoms with E-state index in [1.165, 1.54) is 5.06 Å². The van der Waals surface area contributed by atoms with E-state index in [0.29, 0.717) is 17.4 Å². The minimum atomic E-state index is -0.376. The van der Waals surface area contributed by atoms with Crippen LogP contribution in [0.15, 0.2) is 30.3 Å². The molecule has 0 spiro atoms. The Morgan fingerprint density at radius 1 is 1.29 bits per heavy atom. The van der Waals surface area contributed by atoms with Gasteiger partial charge in [-0.05, 0) is 36.3 Å². The molecule has 0 amide bonds. The first-order valence-corrected chi connectivity index (χ1v) is 8.44. The number of halogens is 1. The van der Waals surface area contributed by atoms with Crippen LogP contribution in [-0.4, -0.2) is 15.9 Å². The Morgan fingerprint density at radius 3 is 2.43 bits per heavy atom. The quantitative estimate of drug-likeness (QED) is 0.502. The molecule has 2 fully saturated rings. The second-order valence-electron chi connectivity index (χ2n) is 7.14. The van der Waals surface area contributed by atoms with Crippen molar-refractivity contribution < 1.29 is 10.0 Å². The Kier molecular flexibility index (Phi) is 3.45. The highest BCUT2D eigenvalue weighted by Gasteiger charge is 2.67. The predicted molar refractivity (Wildman–Crippen MR) is 86.5 cm³/mol. The monoisotopic (exact) mass is 351 g/mol. The zero-order valence-electron chi connectivity index (χ0n) is 12.7. The average molecular weight is 352 g/mol. The normalized spacial score (nSPS) is 35.0. The first kappa shape index (κ1) is 15.0. The van der Waals surface area contributed by atoms with Crippen LogP contribution >= 0.6 is 15.9 Å². The summed E-state index contributed by atoms with van der Waals surface area (Å²) in [6, 6.07) is 9.36. The molecule has 0 radical (unpaired) electrons. The summed E-state index contributed by atoms with van der Waals surface area (Å²) in [6.07, 6.45) is 2.03. The maximum Gasteiger partial charge on any atom is 0.145 e. The van der Waals surface area contributed by atoms with Crippen molar-refractivity contribution in [1.29, 1.82) is 0 Å². The molecule has 3 rings (SSSR count). The second kappa shape index (κ2) is 4.82. The van der Waals surface area contributed by atoms with Gasteiger partial charge in [-0.25, -0.2) is 5.06 Å². The average Bonchev–Trinajstić information content (AvgIpc) is 2.79. The highest BCUT2D eigenvalue weighted by molar-refractivity contribution is 9.09. The number of Topliss-reactive ketones (excluding diaryl/α,β-unsaturated/α-hetero) is 1. The molecule has 2 aliphatic carbocycles. The lowest BCUT2D eigenvalue weighted by Gasteiger charge is -2.33. The molecule has 0 saturated heterocycles. The number of para-hydroxylation sites is 1. The van der Waals surface area contributed by atoms with Crippen LogP contribution in [0.1, 0.15) is 33.6 Å². The number of hydrogen-bond donors (Lipinski definition) is 1. The van der Waals surface area contributed by atoms with Gasteiger partial charge < -0.3 is 0 Å². The number of rotatable bonds is 3. The van der Waals surface area contributed by atoms with Crippen molar-refractivity contribution in [2.24, 2.45) is 22.7 Å². The maximum atomic E-state index is 12.9. The molecule has 21 heavy (non-hydrogen) atoms. The Bertz CT molecular complexity index is 559. The van der Waals surface area contributed by atoms with Crippen molar-refractivity contribution in [2.75, 3.05) is 5.06 Å². The van der Waals surface area contributed by atoms with E-state index in [9.17, 15) is 10.0 Å². The summed E-state index contributed by atoms with van der Waals surface area (Å²) in [5, 5.41) is 11.7. The predicted octanol–water partition coefficient (Wildman–Crippen LogP) is 4.24. The van der Waals surface area contributed by atoms with E-state index in [0.717, 1.165) is 12.8 Å². The van der Waals surface area contributed by atoms with Gasteiger partial charge in [0.2, 0.25) is 0 Å². The number of nitrogens with zero attached hydrogens (tertiary/aromatic N) is 1. The molecule has 2 aliphatic rings. The van der Waals surface area contributed by atoms with Gasteiger partial charge in [0.1, 0.15) is 10.7 Å². The first-order chi connectivity index (χ1) is 9.80. The summed E-state index contributed by atoms with van der Waals surface area (Å²) in [6.45, 7) is 6.50. The third-order valence-corrected chi connectivity index (χ3v) is 7.09. The molecule has 0 unspecified atom stereocenters. The van der Waals surface area contributed by atoms with E-state index in [1.54, 1.807) is 0 Å². The largest absolute Gasteiger partial charge is 0.299 e. The number of anilines is 1. The fourth-order valence-corrected chi connectivity index (χ4v) is 5.19. The zero-order chi connectivity index (χ0) is 15.4. The van der Waals surface area contributed by atoms with Crippen LogP contribution in [0.3, 0.4) is 0 Å². The van der Waals surface area contributed by atoms with Crippen LogP contribution in [-0.2, 0) is 4.79 Å². The van der Waals surface area contributed by atoms with Crippen molar-refractivity contribution in [1.82, 2.24) is 0 Å². The Balaban J connectivity index is 1.90. The first-order valence-electron chi connectivity index (χ1n) is 7.52. The lowest BCUT2D eigenvalue weighted by atomic mass is 9.70. The third-order valence-electron chi connectivity index (χ3n) is 6.14. The number of carbonyl (C=O) groups excluding carboxylic acids is 1. The van der Waals surface area contributed by atoms with Gasteiger partial charge in [-0.2, -0.15) is 0 Å². The Hall–Kier alpha value is -0.870. The van der Waals surface area contributed by atoms with Crippen molar-refractivity contribution in [3.63, 3.8) is 0 Å². The summed E-state index contributed by atoms with van der Waals surface area (Å²) >= 11 is 3.58. The lowest BCUT2D eigenvalue weighted by molar-refractivity contribution is -0.131. The molecular weight excluding hydrogens is 330 g/mol. The van der Waals surface area contributed by atoms with E-state index in [-0.39, 0.29) is 21.7 Å². The van der Waals surface area contributed by atoms with Gasteiger partial charge in [-0.15, -0.1) is 0 Å². The smallest absolute Gasteiger partial charge is 0.145 e. The Morgan fingerprint density at radius 2 is 1.90 bits per heavy atom. The molecule has 0 aliphatic heterocycles. The van der Waals surface area contributed by atoms with Gasteiger partial charge in [-0.1, -0.05) is 54.9 Å². The third kappa shape index (κ3) is 1.92. The molecule has 1 aromatic carbocycles. The summed E-state index contributed by atoms with van der Waals surface area (Å²) in [5.74, 6) is 0.447. The van der Waals surface area contributed by atoms with Crippen LogP contribution < -0.4 is 5.06 Å². The van der Waals surface area contributed by atoms with Crippen LogP contribution in [0.25, 0.3) is 0 Å². The number of hydroxylamine groups is 1. The van der Waals surface area contributed by atoms with Crippen molar-refractivity contribution in [3.05, 3.63) is 30.3 Å². The number of ketones is 1. The minimum Gasteiger partial charge on any atom is -0.299 e. The summed E-state index contributed by atoms with van der Waals surface area (Å²) < 4.78 is 0. The molecule has 2 bridgehead atoms. The number of fused-ring (bicyclic) bond motifs is 2. The lowest BCUT2D eigenvalue weighted by Crippen LogP contribution is -2.42. The van der Waals surface area contributed by atoms with Crippen molar-refractivity contribution in [2.45, 2.75) is 38.6 Å². The molecular formula is C17H22BrNO2. The van der Waals surface area contributed by atoms with E-state index >= 15 is 0 Å². The SMILES string of the molecule is CC1(C)[C@H]2CC[C@@]1(C)C(=O)[C@@H]2[C@H](Br)N(O)c1ccccc1. The number of alkyl halides is 1. The molecule has 0 heterocycles. The highest BCUT2D eigenvalue weighted by atomic mass is 79.9. The molecule has 4 heteroatoms. The van der Waals surface area contributed by atoms with Gasteiger partial charge >= 0.3 is 0 Å². The van der Waals surface area contributed by atoms with E-state index in [2.05, 4.69) is 36.7 Å². The summed E-state index contributed by atoms with van der Waals surface area (Å²) in [7, 11) is 0. The summed E-state index contributed by atoms with van der Waals surface area (Å²) in [4.78, 5) is 12.5. The van der Waals surface area contributed by atoms with E-state index < -0.39 is 0 Å². The van der Waals surface area contributed by atoms with Gasteiger partial charge in [-0.3, -0.25) is 10.0 Å². The van der Waals surface area contributed by atoms with Gasteiger partial charge in [0.05, 0.1) is 11.6 Å². The topological polar surface area (TPSA) is 40.5 Å². The van der Waals surface area contributed by atoms with Gasteiger partial charge in [0.15, 0.2) is 0 Å². The fraction of sp³-hybridized carbons (Fsp3) is 0.588. The van der Waals surface area contributed by atoms with Crippen LogP contribution in [0.4, 0.5) is 5.69 Å². The molecule has 1 aromatic rings.